The molecular formula is C11H12ClNO2. The monoisotopic (exact) mass is 225 g/mol. The van der Waals surface area contributed by atoms with Gasteiger partial charge in [0.1, 0.15) is 5.76 Å². The molecule has 0 spiro atoms. The third-order valence-electron chi connectivity index (χ3n) is 2.25. The van der Waals surface area contributed by atoms with E-state index in [2.05, 4.69) is 12.2 Å². The number of hydrogen-bond acceptors (Lipinski definition) is 3. The highest BCUT2D eigenvalue weighted by molar-refractivity contribution is 6.28. The van der Waals surface area contributed by atoms with Crippen molar-refractivity contribution in [3.05, 3.63) is 47.3 Å². The van der Waals surface area contributed by atoms with Gasteiger partial charge in [-0.3, -0.25) is 0 Å². The van der Waals surface area contributed by atoms with E-state index in [1.807, 2.05) is 12.1 Å². The zero-order valence-corrected chi connectivity index (χ0v) is 9.12. The van der Waals surface area contributed by atoms with Crippen LogP contribution in [0, 0.1) is 0 Å². The van der Waals surface area contributed by atoms with E-state index in [1.54, 1.807) is 18.6 Å². The predicted molar refractivity (Wildman–Crippen MR) is 57.7 cm³/mol. The molecule has 0 aromatic carbocycles. The highest BCUT2D eigenvalue weighted by Crippen LogP contribution is 2.16. The van der Waals surface area contributed by atoms with Crippen molar-refractivity contribution >= 4 is 11.6 Å². The number of rotatable bonds is 4. The molecule has 2 aromatic rings. The van der Waals surface area contributed by atoms with Gasteiger partial charge in [0.2, 0.25) is 0 Å². The van der Waals surface area contributed by atoms with Gasteiger partial charge in [-0.05, 0) is 36.7 Å². The van der Waals surface area contributed by atoms with Crippen molar-refractivity contribution < 1.29 is 8.83 Å². The number of halogens is 1. The van der Waals surface area contributed by atoms with Gasteiger partial charge in [0.05, 0.1) is 19.1 Å². The van der Waals surface area contributed by atoms with Gasteiger partial charge in [-0.2, -0.15) is 0 Å². The molecular weight excluding hydrogens is 214 g/mol. The molecule has 0 saturated carbocycles. The summed E-state index contributed by atoms with van der Waals surface area (Å²) in [5.74, 6) is 0.829. The van der Waals surface area contributed by atoms with Gasteiger partial charge in [-0.25, -0.2) is 0 Å². The van der Waals surface area contributed by atoms with E-state index < -0.39 is 0 Å². The molecule has 0 bridgehead atoms. The van der Waals surface area contributed by atoms with Crippen molar-refractivity contribution in [3.8, 4) is 0 Å². The van der Waals surface area contributed by atoms with E-state index in [4.69, 9.17) is 20.4 Å². The summed E-state index contributed by atoms with van der Waals surface area (Å²) in [6.07, 6.45) is 3.39. The Morgan fingerprint density at radius 1 is 1.40 bits per heavy atom. The second kappa shape index (κ2) is 4.55. The molecule has 1 unspecified atom stereocenters. The number of nitrogens with one attached hydrogen (secondary N) is 1. The van der Waals surface area contributed by atoms with Crippen LogP contribution in [0.3, 0.4) is 0 Å². The Bertz CT molecular complexity index is 408. The molecule has 2 heterocycles. The predicted octanol–water partition coefficient (Wildman–Crippen LogP) is 3.38. The van der Waals surface area contributed by atoms with Crippen molar-refractivity contribution in [2.75, 3.05) is 0 Å². The highest BCUT2D eigenvalue weighted by Gasteiger charge is 2.07. The summed E-state index contributed by atoms with van der Waals surface area (Å²) in [6, 6.07) is 5.76. The Labute approximate surface area is 93.0 Å². The topological polar surface area (TPSA) is 38.3 Å². The molecule has 2 rings (SSSR count). The molecule has 0 fully saturated rings. The molecule has 1 atom stereocenters. The molecule has 80 valence electrons. The maximum Gasteiger partial charge on any atom is 0.193 e. The van der Waals surface area contributed by atoms with Crippen LogP contribution >= 0.6 is 11.6 Å². The van der Waals surface area contributed by atoms with Gasteiger partial charge in [-0.15, -0.1) is 0 Å². The summed E-state index contributed by atoms with van der Waals surface area (Å²) in [7, 11) is 0. The van der Waals surface area contributed by atoms with E-state index in [9.17, 15) is 0 Å². The van der Waals surface area contributed by atoms with Crippen molar-refractivity contribution in [1.29, 1.82) is 0 Å². The Kier molecular flexibility index (Phi) is 3.14. The average molecular weight is 226 g/mol. The Hall–Kier alpha value is -1.19. The zero-order valence-electron chi connectivity index (χ0n) is 8.37. The van der Waals surface area contributed by atoms with Crippen molar-refractivity contribution in [2.24, 2.45) is 0 Å². The van der Waals surface area contributed by atoms with E-state index >= 15 is 0 Å². The summed E-state index contributed by atoms with van der Waals surface area (Å²) in [6.45, 7) is 2.72. The van der Waals surface area contributed by atoms with Crippen molar-refractivity contribution in [2.45, 2.75) is 19.5 Å². The van der Waals surface area contributed by atoms with Crippen LogP contribution in [0.15, 0.2) is 39.6 Å². The van der Waals surface area contributed by atoms with Crippen LogP contribution in [0.1, 0.15) is 24.3 Å². The SMILES string of the molecule is CC(NCc1ccc(Cl)o1)c1ccoc1. The largest absolute Gasteiger partial charge is 0.472 e. The van der Waals surface area contributed by atoms with E-state index in [1.165, 1.54) is 0 Å². The first-order valence-electron chi connectivity index (χ1n) is 4.75. The number of furan rings is 2. The molecule has 3 nitrogen and oxygen atoms in total. The fourth-order valence-electron chi connectivity index (χ4n) is 1.34. The standard InChI is InChI=1S/C11H12ClNO2/c1-8(9-4-5-14-7-9)13-6-10-2-3-11(12)15-10/h2-5,7-8,13H,6H2,1H3. The van der Waals surface area contributed by atoms with Crippen LogP contribution in [-0.2, 0) is 6.54 Å². The minimum atomic E-state index is 0.229. The van der Waals surface area contributed by atoms with E-state index in [0.717, 1.165) is 11.3 Å². The smallest absolute Gasteiger partial charge is 0.193 e. The lowest BCUT2D eigenvalue weighted by Crippen LogP contribution is -2.17. The molecule has 0 aliphatic carbocycles. The van der Waals surface area contributed by atoms with Crippen LogP contribution in [-0.4, -0.2) is 0 Å². The minimum absolute atomic E-state index is 0.229. The molecule has 4 heteroatoms. The average Bonchev–Trinajstić information content (AvgIpc) is 2.84. The van der Waals surface area contributed by atoms with Crippen LogP contribution in [0.25, 0.3) is 0 Å². The molecule has 2 aromatic heterocycles. The summed E-state index contributed by atoms with van der Waals surface area (Å²) < 4.78 is 10.2. The maximum atomic E-state index is 5.67. The maximum absolute atomic E-state index is 5.67. The first-order valence-corrected chi connectivity index (χ1v) is 5.13. The highest BCUT2D eigenvalue weighted by atomic mass is 35.5. The number of hydrogen-bond donors (Lipinski definition) is 1. The summed E-state index contributed by atoms with van der Waals surface area (Å²) in [4.78, 5) is 0. The van der Waals surface area contributed by atoms with Crippen LogP contribution in [0.5, 0.6) is 0 Å². The molecule has 15 heavy (non-hydrogen) atoms. The fourth-order valence-corrected chi connectivity index (χ4v) is 1.50. The van der Waals surface area contributed by atoms with Gasteiger partial charge in [-0.1, -0.05) is 0 Å². The molecule has 0 amide bonds. The summed E-state index contributed by atoms with van der Waals surface area (Å²) in [5, 5.41) is 3.72. The Morgan fingerprint density at radius 3 is 2.87 bits per heavy atom. The van der Waals surface area contributed by atoms with E-state index in [-0.39, 0.29) is 6.04 Å². The van der Waals surface area contributed by atoms with Gasteiger partial charge in [0, 0.05) is 11.6 Å². The van der Waals surface area contributed by atoms with Gasteiger partial charge in [0.15, 0.2) is 5.22 Å². The molecule has 0 saturated heterocycles. The zero-order chi connectivity index (χ0) is 10.7. The second-order valence-electron chi connectivity index (χ2n) is 3.37. The first kappa shape index (κ1) is 10.3. The van der Waals surface area contributed by atoms with Gasteiger partial charge in [0.25, 0.3) is 0 Å². The molecule has 0 radical (unpaired) electrons. The fraction of sp³-hybridized carbons (Fsp3) is 0.273. The molecule has 0 aliphatic rings. The second-order valence-corrected chi connectivity index (χ2v) is 3.74. The van der Waals surface area contributed by atoms with Crippen molar-refractivity contribution in [1.82, 2.24) is 5.32 Å². The van der Waals surface area contributed by atoms with Crippen LogP contribution in [0.2, 0.25) is 5.22 Å². The lowest BCUT2D eigenvalue weighted by Gasteiger charge is -2.09. The Balaban J connectivity index is 1.88. The van der Waals surface area contributed by atoms with Crippen molar-refractivity contribution in [3.63, 3.8) is 0 Å². The van der Waals surface area contributed by atoms with Crippen LogP contribution in [0.4, 0.5) is 0 Å². The lowest BCUT2D eigenvalue weighted by atomic mass is 10.2. The first-order chi connectivity index (χ1) is 7.25. The minimum Gasteiger partial charge on any atom is -0.472 e. The summed E-state index contributed by atoms with van der Waals surface area (Å²) in [5.41, 5.74) is 1.12. The Morgan fingerprint density at radius 2 is 2.27 bits per heavy atom. The molecule has 0 aliphatic heterocycles. The summed E-state index contributed by atoms with van der Waals surface area (Å²) >= 11 is 5.67. The quantitative estimate of drug-likeness (QED) is 0.867. The third kappa shape index (κ3) is 2.64. The van der Waals surface area contributed by atoms with Gasteiger partial charge >= 0.3 is 0 Å². The van der Waals surface area contributed by atoms with Gasteiger partial charge < -0.3 is 14.2 Å². The van der Waals surface area contributed by atoms with Crippen LogP contribution < -0.4 is 5.32 Å². The molecule has 1 N–H and O–H groups in total. The normalized spacial score (nSPS) is 12.9. The van der Waals surface area contributed by atoms with E-state index in [0.29, 0.717) is 11.8 Å². The lowest BCUT2D eigenvalue weighted by molar-refractivity contribution is 0.459. The third-order valence-corrected chi connectivity index (χ3v) is 2.46.